The van der Waals surface area contributed by atoms with Crippen LogP contribution >= 0.6 is 0 Å². The van der Waals surface area contributed by atoms with E-state index in [0.717, 1.165) is 24.2 Å². The van der Waals surface area contributed by atoms with Gasteiger partial charge in [-0.1, -0.05) is 6.07 Å². The lowest BCUT2D eigenvalue weighted by atomic mass is 9.81. The second-order valence-corrected chi connectivity index (χ2v) is 8.05. The quantitative estimate of drug-likeness (QED) is 0.734. The number of aliphatic carboxylic acids is 1. The van der Waals surface area contributed by atoms with Gasteiger partial charge in [-0.25, -0.2) is 0 Å². The number of carboxylic acid groups (broad SMARTS) is 1. The monoisotopic (exact) mass is 389 g/mol. The summed E-state index contributed by atoms with van der Waals surface area (Å²) in [4.78, 5) is 23.7. The number of carboxylic acids is 1. The highest BCUT2D eigenvalue weighted by Gasteiger charge is 2.30. The lowest BCUT2D eigenvalue weighted by Gasteiger charge is -2.27. The molecular formula is C22H31NO5. The van der Waals surface area contributed by atoms with Gasteiger partial charge in [0.2, 0.25) is 5.91 Å². The Hall–Kier alpha value is -2.24. The van der Waals surface area contributed by atoms with Crippen molar-refractivity contribution in [2.24, 2.45) is 11.8 Å². The smallest absolute Gasteiger partial charge is 0.306 e. The molecular weight excluding hydrogens is 358 g/mol. The summed E-state index contributed by atoms with van der Waals surface area (Å²) in [6.45, 7) is 1.95. The van der Waals surface area contributed by atoms with Gasteiger partial charge in [0.25, 0.3) is 0 Å². The highest BCUT2D eigenvalue weighted by atomic mass is 16.5. The lowest BCUT2D eigenvalue weighted by molar-refractivity contribution is -0.144. The Balaban J connectivity index is 1.58. The first-order valence-electron chi connectivity index (χ1n) is 10.4. The second-order valence-electron chi connectivity index (χ2n) is 8.05. The van der Waals surface area contributed by atoms with Crippen LogP contribution in [0.15, 0.2) is 18.2 Å². The fourth-order valence-electron chi connectivity index (χ4n) is 4.25. The van der Waals surface area contributed by atoms with Crippen LogP contribution < -0.4 is 14.8 Å². The SMILES string of the molecule is COc1cc(C(C)NC(=O)C2CCC(C(=O)O)CC2)ccc1OC1CCCC1. The molecule has 1 unspecified atom stereocenters. The lowest BCUT2D eigenvalue weighted by Crippen LogP contribution is -2.35. The van der Waals surface area contributed by atoms with Gasteiger partial charge in [0.05, 0.1) is 25.2 Å². The van der Waals surface area contributed by atoms with Crippen LogP contribution in [0.2, 0.25) is 0 Å². The Morgan fingerprint density at radius 2 is 1.68 bits per heavy atom. The van der Waals surface area contributed by atoms with Gasteiger partial charge in [0, 0.05) is 5.92 Å². The average Bonchev–Trinajstić information content (AvgIpc) is 3.21. The summed E-state index contributed by atoms with van der Waals surface area (Å²) in [5.74, 6) is 0.278. The number of carbonyl (C=O) groups is 2. The number of nitrogens with one attached hydrogen (secondary N) is 1. The first kappa shape index (κ1) is 20.5. The van der Waals surface area contributed by atoms with E-state index in [2.05, 4.69) is 5.32 Å². The summed E-state index contributed by atoms with van der Waals surface area (Å²) in [5, 5.41) is 12.2. The first-order chi connectivity index (χ1) is 13.5. The minimum atomic E-state index is -0.751. The van der Waals surface area contributed by atoms with E-state index < -0.39 is 5.97 Å². The van der Waals surface area contributed by atoms with E-state index >= 15 is 0 Å². The largest absolute Gasteiger partial charge is 0.493 e. The number of methoxy groups -OCH3 is 1. The van der Waals surface area contributed by atoms with E-state index in [1.54, 1.807) is 7.11 Å². The zero-order valence-electron chi connectivity index (χ0n) is 16.8. The fourth-order valence-corrected chi connectivity index (χ4v) is 4.25. The molecule has 6 heteroatoms. The molecule has 0 radical (unpaired) electrons. The molecule has 2 N–H and O–H groups in total. The molecule has 1 aromatic rings. The molecule has 0 aliphatic heterocycles. The minimum Gasteiger partial charge on any atom is -0.493 e. The Morgan fingerprint density at radius 3 is 2.29 bits per heavy atom. The molecule has 0 bridgehead atoms. The van der Waals surface area contributed by atoms with Crippen molar-refractivity contribution in [1.82, 2.24) is 5.32 Å². The Labute approximate surface area is 166 Å². The van der Waals surface area contributed by atoms with Crippen LogP contribution in [0.5, 0.6) is 11.5 Å². The Morgan fingerprint density at radius 1 is 1.04 bits per heavy atom. The molecule has 2 aliphatic carbocycles. The molecule has 28 heavy (non-hydrogen) atoms. The van der Waals surface area contributed by atoms with E-state index in [0.29, 0.717) is 31.4 Å². The van der Waals surface area contributed by atoms with E-state index in [9.17, 15) is 9.59 Å². The number of hydrogen-bond acceptors (Lipinski definition) is 4. The van der Waals surface area contributed by atoms with E-state index in [4.69, 9.17) is 14.6 Å². The fraction of sp³-hybridized carbons (Fsp3) is 0.636. The number of rotatable bonds is 7. The van der Waals surface area contributed by atoms with Gasteiger partial charge in [-0.05, 0) is 76.0 Å². The van der Waals surface area contributed by atoms with Crippen LogP contribution in [-0.4, -0.2) is 30.2 Å². The van der Waals surface area contributed by atoms with Crippen LogP contribution in [0.25, 0.3) is 0 Å². The predicted molar refractivity (Wildman–Crippen MR) is 106 cm³/mol. The van der Waals surface area contributed by atoms with Crippen LogP contribution in [-0.2, 0) is 9.59 Å². The van der Waals surface area contributed by atoms with Crippen molar-refractivity contribution in [3.63, 3.8) is 0 Å². The molecule has 2 aliphatic rings. The number of carbonyl (C=O) groups excluding carboxylic acids is 1. The molecule has 0 aromatic heterocycles. The zero-order valence-corrected chi connectivity index (χ0v) is 16.8. The van der Waals surface area contributed by atoms with Gasteiger partial charge in [0.1, 0.15) is 0 Å². The van der Waals surface area contributed by atoms with E-state index in [1.807, 2.05) is 25.1 Å². The summed E-state index contributed by atoms with van der Waals surface area (Å²) in [5.41, 5.74) is 0.961. The van der Waals surface area contributed by atoms with Crippen molar-refractivity contribution < 1.29 is 24.2 Å². The molecule has 3 rings (SSSR count). The maximum absolute atomic E-state index is 12.6. The first-order valence-corrected chi connectivity index (χ1v) is 10.4. The summed E-state index contributed by atoms with van der Waals surface area (Å²) in [6, 6.07) is 5.67. The van der Waals surface area contributed by atoms with Crippen molar-refractivity contribution in [3.8, 4) is 11.5 Å². The predicted octanol–water partition coefficient (Wildman–Crippen LogP) is 4.08. The maximum Gasteiger partial charge on any atom is 0.306 e. The minimum absolute atomic E-state index is 0.00147. The molecule has 1 amide bonds. The van der Waals surface area contributed by atoms with E-state index in [1.165, 1.54) is 12.8 Å². The molecule has 2 fully saturated rings. The number of ether oxygens (including phenoxy) is 2. The third kappa shape index (κ3) is 4.97. The van der Waals surface area contributed by atoms with Crippen LogP contribution in [0.4, 0.5) is 0 Å². The molecule has 0 heterocycles. The molecule has 0 spiro atoms. The highest BCUT2D eigenvalue weighted by Crippen LogP contribution is 2.34. The van der Waals surface area contributed by atoms with Gasteiger partial charge in [0.15, 0.2) is 11.5 Å². The number of hydrogen-bond donors (Lipinski definition) is 2. The zero-order chi connectivity index (χ0) is 20.1. The maximum atomic E-state index is 12.6. The summed E-state index contributed by atoms with van der Waals surface area (Å²) < 4.78 is 11.6. The summed E-state index contributed by atoms with van der Waals surface area (Å²) >= 11 is 0. The van der Waals surface area contributed by atoms with Crippen molar-refractivity contribution in [1.29, 1.82) is 0 Å². The third-order valence-electron chi connectivity index (χ3n) is 6.09. The molecule has 1 aromatic carbocycles. The van der Waals surface area contributed by atoms with Gasteiger partial charge in [-0.15, -0.1) is 0 Å². The summed E-state index contributed by atoms with van der Waals surface area (Å²) in [6.07, 6.45) is 7.26. The summed E-state index contributed by atoms with van der Waals surface area (Å²) in [7, 11) is 1.63. The molecule has 2 saturated carbocycles. The van der Waals surface area contributed by atoms with Gasteiger partial charge in [-0.3, -0.25) is 9.59 Å². The van der Waals surface area contributed by atoms with Crippen molar-refractivity contribution in [3.05, 3.63) is 23.8 Å². The molecule has 154 valence electrons. The third-order valence-corrected chi connectivity index (χ3v) is 6.09. The number of benzene rings is 1. The highest BCUT2D eigenvalue weighted by molar-refractivity contribution is 5.79. The van der Waals surface area contributed by atoms with Crippen molar-refractivity contribution in [2.45, 2.75) is 70.4 Å². The van der Waals surface area contributed by atoms with Crippen LogP contribution in [0, 0.1) is 11.8 Å². The van der Waals surface area contributed by atoms with E-state index in [-0.39, 0.29) is 29.9 Å². The molecule has 0 saturated heterocycles. The normalized spacial score (nSPS) is 23.8. The Kier molecular flexibility index (Phi) is 6.81. The van der Waals surface area contributed by atoms with Gasteiger partial charge >= 0.3 is 5.97 Å². The standard InChI is InChI=1S/C22H31NO5/c1-14(23-21(24)15-7-9-16(10-8-15)22(25)26)17-11-12-19(20(13-17)27-2)28-18-5-3-4-6-18/h11-16,18H,3-10H2,1-2H3,(H,23,24)(H,25,26). The van der Waals surface area contributed by atoms with Crippen LogP contribution in [0.1, 0.15) is 69.9 Å². The molecule has 1 atom stereocenters. The average molecular weight is 389 g/mol. The van der Waals surface area contributed by atoms with Crippen molar-refractivity contribution >= 4 is 11.9 Å². The van der Waals surface area contributed by atoms with Crippen LogP contribution in [0.3, 0.4) is 0 Å². The molecule has 6 nitrogen and oxygen atoms in total. The van der Waals surface area contributed by atoms with Crippen molar-refractivity contribution in [2.75, 3.05) is 7.11 Å². The Bertz CT molecular complexity index is 690. The topological polar surface area (TPSA) is 84.9 Å². The number of amides is 1. The second kappa shape index (κ2) is 9.30. The van der Waals surface area contributed by atoms with Gasteiger partial charge < -0.3 is 19.9 Å². The van der Waals surface area contributed by atoms with Gasteiger partial charge in [-0.2, -0.15) is 0 Å².